The van der Waals surface area contributed by atoms with E-state index >= 15 is 0 Å². The second-order valence-electron chi connectivity index (χ2n) is 3.21. The normalized spacial score (nSPS) is 13.1. The summed E-state index contributed by atoms with van der Waals surface area (Å²) in [6.45, 7) is 7.59. The van der Waals surface area contributed by atoms with Gasteiger partial charge in [0.25, 0.3) is 0 Å². The van der Waals surface area contributed by atoms with Crippen molar-refractivity contribution in [3.63, 3.8) is 0 Å². The molecule has 0 aliphatic heterocycles. The Morgan fingerprint density at radius 3 is 2.07 bits per heavy atom. The smallest absolute Gasteiger partial charge is 0.178 e. The van der Waals surface area contributed by atoms with Gasteiger partial charge < -0.3 is 9.05 Å². The van der Waals surface area contributed by atoms with Crippen molar-refractivity contribution < 1.29 is 9.05 Å². The minimum absolute atomic E-state index is 0.334. The van der Waals surface area contributed by atoms with Crippen LogP contribution in [0.25, 0.3) is 0 Å². The third-order valence-electron chi connectivity index (χ3n) is 2.11. The molecule has 84 valence electrons. The number of rotatable bonds is 6. The molecule has 0 amide bonds. The molecule has 1 aromatic rings. The van der Waals surface area contributed by atoms with E-state index in [1.807, 2.05) is 19.9 Å². The van der Waals surface area contributed by atoms with E-state index in [0.717, 1.165) is 0 Å². The van der Waals surface area contributed by atoms with Gasteiger partial charge >= 0.3 is 0 Å². The molecule has 0 fully saturated rings. The van der Waals surface area contributed by atoms with Crippen LogP contribution in [-0.4, -0.2) is 13.2 Å². The van der Waals surface area contributed by atoms with Gasteiger partial charge in [-0.05, 0) is 26.3 Å². The first kappa shape index (κ1) is 12.6. The van der Waals surface area contributed by atoms with Gasteiger partial charge in [0.1, 0.15) is 0 Å². The molecule has 0 spiro atoms. The Kier molecular flexibility index (Phi) is 5.85. The van der Waals surface area contributed by atoms with Crippen molar-refractivity contribution in [3.8, 4) is 0 Å². The van der Waals surface area contributed by atoms with Crippen LogP contribution >= 0.6 is 8.38 Å². The predicted octanol–water partition coefficient (Wildman–Crippen LogP) is 4.13. The first-order valence-corrected chi connectivity index (χ1v) is 6.64. The average Bonchev–Trinajstić information content (AvgIpc) is 2.29. The summed E-state index contributed by atoms with van der Waals surface area (Å²) in [6, 6.07) is 10.4. The number of hydrogen-bond donors (Lipinski definition) is 0. The summed E-state index contributed by atoms with van der Waals surface area (Å²) in [5, 5.41) is 0. The lowest BCUT2D eigenvalue weighted by Crippen LogP contribution is -1.99. The lowest BCUT2D eigenvalue weighted by Gasteiger charge is -2.22. The molecule has 0 saturated carbocycles. The second kappa shape index (κ2) is 6.95. The molecule has 2 nitrogen and oxygen atoms in total. The number of hydrogen-bond acceptors (Lipinski definition) is 2. The van der Waals surface area contributed by atoms with Crippen molar-refractivity contribution >= 4 is 8.38 Å². The molecule has 1 rings (SSSR count). The van der Waals surface area contributed by atoms with Crippen molar-refractivity contribution in [1.29, 1.82) is 0 Å². The number of benzene rings is 1. The molecule has 0 bridgehead atoms. The lowest BCUT2D eigenvalue weighted by atomic mass is 10.2. The summed E-state index contributed by atoms with van der Waals surface area (Å²) in [6.07, 6.45) is 0. The van der Waals surface area contributed by atoms with E-state index in [1.165, 1.54) is 5.56 Å². The molecule has 1 aromatic carbocycles. The van der Waals surface area contributed by atoms with E-state index < -0.39 is 8.38 Å². The molecule has 1 atom stereocenters. The molecule has 0 radical (unpaired) electrons. The summed E-state index contributed by atoms with van der Waals surface area (Å²) >= 11 is 0. The largest absolute Gasteiger partial charge is 0.334 e. The fourth-order valence-corrected chi connectivity index (χ4v) is 2.81. The van der Waals surface area contributed by atoms with Crippen molar-refractivity contribution in [1.82, 2.24) is 0 Å². The maximum Gasteiger partial charge on any atom is 0.178 e. The molecule has 0 saturated heterocycles. The van der Waals surface area contributed by atoms with Crippen LogP contribution in [0, 0.1) is 0 Å². The van der Waals surface area contributed by atoms with Gasteiger partial charge in [0, 0.05) is 0 Å². The monoisotopic (exact) mass is 226 g/mol. The van der Waals surface area contributed by atoms with Crippen molar-refractivity contribution in [2.24, 2.45) is 0 Å². The molecule has 0 aromatic heterocycles. The first-order valence-electron chi connectivity index (χ1n) is 5.39. The van der Waals surface area contributed by atoms with E-state index in [9.17, 15) is 0 Å². The SMILES string of the molecule is CCOP(OCC)C(C)c1ccccc1. The third-order valence-corrected chi connectivity index (χ3v) is 4.07. The van der Waals surface area contributed by atoms with Crippen molar-refractivity contribution in [2.45, 2.75) is 26.4 Å². The van der Waals surface area contributed by atoms with Gasteiger partial charge in [-0.15, -0.1) is 0 Å². The maximum atomic E-state index is 5.64. The van der Waals surface area contributed by atoms with Crippen LogP contribution in [0.3, 0.4) is 0 Å². The Morgan fingerprint density at radius 2 is 1.60 bits per heavy atom. The van der Waals surface area contributed by atoms with Gasteiger partial charge in [-0.2, -0.15) is 0 Å². The van der Waals surface area contributed by atoms with Gasteiger partial charge in [0.05, 0.1) is 18.9 Å². The molecule has 1 unspecified atom stereocenters. The highest BCUT2D eigenvalue weighted by molar-refractivity contribution is 7.47. The molecule has 0 heterocycles. The zero-order chi connectivity index (χ0) is 11.1. The van der Waals surface area contributed by atoms with E-state index in [4.69, 9.17) is 9.05 Å². The lowest BCUT2D eigenvalue weighted by molar-refractivity contribution is 0.263. The van der Waals surface area contributed by atoms with Gasteiger partial charge in [0.15, 0.2) is 8.38 Å². The highest BCUT2D eigenvalue weighted by atomic mass is 31.2. The molecule has 0 aliphatic rings. The summed E-state index contributed by atoms with van der Waals surface area (Å²) in [4.78, 5) is 0. The second-order valence-corrected chi connectivity index (χ2v) is 5.07. The molecule has 0 aliphatic carbocycles. The zero-order valence-electron chi connectivity index (χ0n) is 9.64. The van der Waals surface area contributed by atoms with Gasteiger partial charge in [0.2, 0.25) is 0 Å². The van der Waals surface area contributed by atoms with Crippen LogP contribution in [0.4, 0.5) is 0 Å². The van der Waals surface area contributed by atoms with E-state index in [-0.39, 0.29) is 0 Å². The maximum absolute atomic E-state index is 5.64. The third kappa shape index (κ3) is 3.90. The minimum atomic E-state index is -0.798. The fourth-order valence-electron chi connectivity index (χ4n) is 1.37. The first-order chi connectivity index (χ1) is 7.29. The minimum Gasteiger partial charge on any atom is -0.334 e. The summed E-state index contributed by atoms with van der Waals surface area (Å²) in [5.41, 5.74) is 1.62. The standard InChI is InChI=1S/C12H19O2P/c1-4-13-15(14-5-2)11(3)12-9-7-6-8-10-12/h6-11H,4-5H2,1-3H3. The Morgan fingerprint density at radius 1 is 1.07 bits per heavy atom. The Balaban J connectivity index is 2.67. The van der Waals surface area contributed by atoms with Crippen LogP contribution in [-0.2, 0) is 9.05 Å². The molecule has 3 heteroatoms. The fraction of sp³-hybridized carbons (Fsp3) is 0.500. The Hall–Kier alpha value is -0.430. The van der Waals surface area contributed by atoms with Crippen LogP contribution < -0.4 is 0 Å². The molecule has 15 heavy (non-hydrogen) atoms. The molecular weight excluding hydrogens is 207 g/mol. The van der Waals surface area contributed by atoms with Crippen LogP contribution in [0.5, 0.6) is 0 Å². The topological polar surface area (TPSA) is 18.5 Å². The van der Waals surface area contributed by atoms with Crippen molar-refractivity contribution in [2.75, 3.05) is 13.2 Å². The van der Waals surface area contributed by atoms with Gasteiger partial charge in [-0.3, -0.25) is 0 Å². The Bertz CT molecular complexity index is 258. The Labute approximate surface area is 93.5 Å². The highest BCUT2D eigenvalue weighted by Crippen LogP contribution is 2.52. The van der Waals surface area contributed by atoms with Crippen LogP contribution in [0.1, 0.15) is 32.0 Å². The summed E-state index contributed by atoms with van der Waals surface area (Å²) < 4.78 is 11.3. The molecular formula is C12H19O2P. The van der Waals surface area contributed by atoms with E-state index in [0.29, 0.717) is 18.9 Å². The van der Waals surface area contributed by atoms with E-state index in [1.54, 1.807) is 0 Å². The van der Waals surface area contributed by atoms with Gasteiger partial charge in [-0.25, -0.2) is 0 Å². The quantitative estimate of drug-likeness (QED) is 0.679. The molecule has 0 N–H and O–H groups in total. The predicted molar refractivity (Wildman–Crippen MR) is 65.0 cm³/mol. The highest BCUT2D eigenvalue weighted by Gasteiger charge is 2.20. The summed E-state index contributed by atoms with van der Waals surface area (Å²) in [7, 11) is -0.798. The van der Waals surface area contributed by atoms with E-state index in [2.05, 4.69) is 31.2 Å². The van der Waals surface area contributed by atoms with Crippen molar-refractivity contribution in [3.05, 3.63) is 35.9 Å². The average molecular weight is 226 g/mol. The van der Waals surface area contributed by atoms with Crippen LogP contribution in [0.2, 0.25) is 0 Å². The zero-order valence-corrected chi connectivity index (χ0v) is 10.5. The van der Waals surface area contributed by atoms with Gasteiger partial charge in [-0.1, -0.05) is 30.3 Å². The van der Waals surface area contributed by atoms with Crippen LogP contribution in [0.15, 0.2) is 30.3 Å². The summed E-state index contributed by atoms with van der Waals surface area (Å²) in [5.74, 6) is 0.